The van der Waals surface area contributed by atoms with Gasteiger partial charge < -0.3 is 20.1 Å². The molecule has 0 bridgehead atoms. The van der Waals surface area contributed by atoms with Gasteiger partial charge in [0.05, 0.1) is 36.2 Å². The summed E-state index contributed by atoms with van der Waals surface area (Å²) in [7, 11) is 3.26. The number of aryl methyl sites for hydroxylation is 1. The van der Waals surface area contributed by atoms with Crippen molar-refractivity contribution in [2.45, 2.75) is 64.0 Å². The number of halogens is 2. The molecule has 3 aromatic carbocycles. The SMILES string of the molecule is COc1cc(-c2cccc(-c3cccc(-c4cnc(CCC[C@@H]5CCC(=O)N5)c(OC)n4)c3Cl)c2Cl)ccc1CNC[C@@H]1CCC(=O)C1. The van der Waals surface area contributed by atoms with Crippen LogP contribution in [0.5, 0.6) is 11.6 Å². The van der Waals surface area contributed by atoms with Crippen molar-refractivity contribution in [1.29, 1.82) is 0 Å². The minimum absolute atomic E-state index is 0.127. The summed E-state index contributed by atoms with van der Waals surface area (Å²) in [5.74, 6) is 2.13. The summed E-state index contributed by atoms with van der Waals surface area (Å²) in [4.78, 5) is 32.6. The fraction of sp³-hybridized carbons (Fsp3) is 0.368. The van der Waals surface area contributed by atoms with Crippen LogP contribution in [0.2, 0.25) is 10.0 Å². The van der Waals surface area contributed by atoms with E-state index in [-0.39, 0.29) is 11.9 Å². The highest BCUT2D eigenvalue weighted by atomic mass is 35.5. The summed E-state index contributed by atoms with van der Waals surface area (Å²) in [6.07, 6.45) is 8.00. The highest BCUT2D eigenvalue weighted by molar-refractivity contribution is 6.39. The normalized spacial score (nSPS) is 17.5. The second-order valence-corrected chi connectivity index (χ2v) is 13.3. The minimum atomic E-state index is 0.127. The molecule has 1 aliphatic heterocycles. The molecule has 250 valence electrons. The number of nitrogens with one attached hydrogen (secondary N) is 2. The van der Waals surface area contributed by atoms with Gasteiger partial charge in [-0.25, -0.2) is 4.98 Å². The van der Waals surface area contributed by atoms with Gasteiger partial charge in [0.1, 0.15) is 17.2 Å². The van der Waals surface area contributed by atoms with Crippen molar-refractivity contribution < 1.29 is 19.1 Å². The molecule has 6 rings (SSSR count). The van der Waals surface area contributed by atoms with Gasteiger partial charge in [-0.3, -0.25) is 14.6 Å². The zero-order chi connectivity index (χ0) is 33.6. The Balaban J connectivity index is 1.20. The number of rotatable bonds is 13. The van der Waals surface area contributed by atoms with Gasteiger partial charge in [0.15, 0.2) is 0 Å². The van der Waals surface area contributed by atoms with Crippen LogP contribution in [-0.2, 0) is 22.6 Å². The number of carbonyl (C=O) groups is 2. The van der Waals surface area contributed by atoms with Gasteiger partial charge in [-0.05, 0) is 56.2 Å². The Morgan fingerprint density at radius 2 is 1.67 bits per heavy atom. The number of hydrogen-bond donors (Lipinski definition) is 2. The summed E-state index contributed by atoms with van der Waals surface area (Å²) in [5.41, 5.74) is 6.51. The number of ether oxygens (including phenoxy) is 2. The van der Waals surface area contributed by atoms with Gasteiger partial charge >= 0.3 is 0 Å². The van der Waals surface area contributed by atoms with Crippen molar-refractivity contribution in [3.8, 4) is 45.1 Å². The fourth-order valence-electron chi connectivity index (χ4n) is 6.71. The minimum Gasteiger partial charge on any atom is -0.496 e. The van der Waals surface area contributed by atoms with Crippen molar-refractivity contribution >= 4 is 34.9 Å². The Bertz CT molecular complexity index is 1680. The van der Waals surface area contributed by atoms with E-state index in [0.29, 0.717) is 65.5 Å². The molecule has 2 atom stereocenters. The molecule has 0 spiro atoms. The maximum atomic E-state index is 11.6. The number of ketones is 1. The van der Waals surface area contributed by atoms with E-state index in [4.69, 9.17) is 42.6 Å². The molecule has 1 saturated carbocycles. The lowest BCUT2D eigenvalue weighted by Crippen LogP contribution is -2.25. The lowest BCUT2D eigenvalue weighted by molar-refractivity contribution is -0.119. The third-order valence-electron chi connectivity index (χ3n) is 9.31. The molecule has 2 N–H and O–H groups in total. The van der Waals surface area contributed by atoms with E-state index in [1.807, 2.05) is 42.5 Å². The third-order valence-corrected chi connectivity index (χ3v) is 10.1. The van der Waals surface area contributed by atoms with Gasteiger partial charge in [0.2, 0.25) is 11.8 Å². The molecule has 1 amide bonds. The summed E-state index contributed by atoms with van der Waals surface area (Å²) in [6, 6.07) is 18.1. The lowest BCUT2D eigenvalue weighted by Gasteiger charge is -2.16. The molecule has 0 unspecified atom stereocenters. The number of benzene rings is 3. The smallest absolute Gasteiger partial charge is 0.235 e. The molecule has 2 fully saturated rings. The molecule has 2 heterocycles. The number of amides is 1. The molecular weight excluding hydrogens is 647 g/mol. The van der Waals surface area contributed by atoms with E-state index < -0.39 is 0 Å². The number of carbonyl (C=O) groups excluding carboxylic acids is 2. The number of nitrogens with zero attached hydrogens (tertiary/aromatic N) is 2. The topological polar surface area (TPSA) is 102 Å². The molecule has 1 saturated heterocycles. The van der Waals surface area contributed by atoms with E-state index in [1.54, 1.807) is 20.4 Å². The van der Waals surface area contributed by atoms with Crippen molar-refractivity contribution in [2.75, 3.05) is 20.8 Å². The van der Waals surface area contributed by atoms with Crippen molar-refractivity contribution in [3.63, 3.8) is 0 Å². The second kappa shape index (κ2) is 15.5. The lowest BCUT2D eigenvalue weighted by atomic mass is 9.96. The highest BCUT2D eigenvalue weighted by Crippen LogP contribution is 2.43. The summed E-state index contributed by atoms with van der Waals surface area (Å²) in [5, 5.41) is 7.60. The third kappa shape index (κ3) is 7.67. The quantitative estimate of drug-likeness (QED) is 0.148. The van der Waals surface area contributed by atoms with E-state index >= 15 is 0 Å². The van der Waals surface area contributed by atoms with Crippen LogP contribution in [0, 0.1) is 5.92 Å². The number of Topliss-reactive ketones (excluding diaryl/α,β-unsaturated/α-hetero) is 1. The summed E-state index contributed by atoms with van der Waals surface area (Å²) >= 11 is 14.2. The highest BCUT2D eigenvalue weighted by Gasteiger charge is 2.23. The van der Waals surface area contributed by atoms with Crippen LogP contribution in [0.25, 0.3) is 33.5 Å². The first-order chi connectivity index (χ1) is 23.3. The molecule has 4 aromatic rings. The van der Waals surface area contributed by atoms with Crippen molar-refractivity contribution in [2.24, 2.45) is 5.92 Å². The first-order valence-electron chi connectivity index (χ1n) is 16.5. The maximum Gasteiger partial charge on any atom is 0.235 e. The predicted octanol–water partition coefficient (Wildman–Crippen LogP) is 7.86. The number of hydrogen-bond acceptors (Lipinski definition) is 7. The van der Waals surface area contributed by atoms with Crippen LogP contribution in [0.15, 0.2) is 60.8 Å². The zero-order valence-corrected chi connectivity index (χ0v) is 28.8. The van der Waals surface area contributed by atoms with E-state index in [9.17, 15) is 9.59 Å². The van der Waals surface area contributed by atoms with E-state index in [2.05, 4.69) is 22.8 Å². The molecule has 1 aromatic heterocycles. The largest absolute Gasteiger partial charge is 0.496 e. The first-order valence-corrected chi connectivity index (χ1v) is 17.3. The van der Waals surface area contributed by atoms with Gasteiger partial charge in [-0.15, -0.1) is 0 Å². The maximum absolute atomic E-state index is 11.6. The predicted molar refractivity (Wildman–Crippen MR) is 190 cm³/mol. The fourth-order valence-corrected chi connectivity index (χ4v) is 7.37. The Kier molecular flexibility index (Phi) is 10.9. The Labute approximate surface area is 291 Å². The Morgan fingerprint density at radius 3 is 2.35 bits per heavy atom. The Hall–Kier alpha value is -3.98. The average molecular weight is 688 g/mol. The van der Waals surface area contributed by atoms with E-state index in [0.717, 1.165) is 77.1 Å². The molecule has 2 aliphatic rings. The molecule has 8 nitrogen and oxygen atoms in total. The molecular formula is C38H40Cl2N4O4. The second-order valence-electron chi connectivity index (χ2n) is 12.5. The van der Waals surface area contributed by atoms with Gasteiger partial charge in [-0.1, -0.05) is 71.7 Å². The molecule has 0 radical (unpaired) electrons. The number of methoxy groups -OCH3 is 2. The van der Waals surface area contributed by atoms with Crippen LogP contribution in [0.4, 0.5) is 0 Å². The standard InChI is InChI=1S/C38H40Cl2N4O4/c1-47-34-19-24(13-14-25(34)21-41-20-23-12-16-27(45)18-23)28-7-4-8-29(36(28)39)30-9-5-10-31(37(30)40)33-22-42-32(38(44-33)48-2)11-3-6-26-15-17-35(46)43-26/h4-5,7-10,13-14,19,22-23,26,41H,3,6,11-12,15-18,20-21H2,1-2H3,(H,43,46)/t23-,26-/m1/s1. The van der Waals surface area contributed by atoms with Crippen LogP contribution in [-0.4, -0.2) is 48.5 Å². The van der Waals surface area contributed by atoms with E-state index in [1.165, 1.54) is 0 Å². The van der Waals surface area contributed by atoms with Crippen molar-refractivity contribution in [1.82, 2.24) is 20.6 Å². The number of aromatic nitrogens is 2. The zero-order valence-electron chi connectivity index (χ0n) is 27.3. The van der Waals surface area contributed by atoms with Crippen LogP contribution in [0.1, 0.15) is 56.2 Å². The first kappa shape index (κ1) is 33.9. The summed E-state index contributed by atoms with van der Waals surface area (Å²) in [6.45, 7) is 1.47. The van der Waals surface area contributed by atoms with Crippen LogP contribution < -0.4 is 20.1 Å². The monoisotopic (exact) mass is 686 g/mol. The molecule has 48 heavy (non-hydrogen) atoms. The molecule has 10 heteroatoms. The molecule has 1 aliphatic carbocycles. The Morgan fingerprint density at radius 1 is 0.917 bits per heavy atom. The van der Waals surface area contributed by atoms with Crippen LogP contribution in [0.3, 0.4) is 0 Å². The van der Waals surface area contributed by atoms with Gasteiger partial charge in [-0.2, -0.15) is 0 Å². The van der Waals surface area contributed by atoms with Crippen molar-refractivity contribution in [3.05, 3.63) is 82.1 Å². The van der Waals surface area contributed by atoms with Gasteiger partial charge in [0.25, 0.3) is 0 Å². The van der Waals surface area contributed by atoms with Gasteiger partial charge in [0, 0.05) is 59.7 Å². The van der Waals surface area contributed by atoms with Crippen LogP contribution >= 0.6 is 23.2 Å². The average Bonchev–Trinajstić information content (AvgIpc) is 3.72. The summed E-state index contributed by atoms with van der Waals surface area (Å²) < 4.78 is 11.4.